The molecule has 7 heteroatoms. The molecule has 28 heavy (non-hydrogen) atoms. The van der Waals surface area contributed by atoms with Crippen LogP contribution in [0.1, 0.15) is 31.2 Å². The lowest BCUT2D eigenvalue weighted by molar-refractivity contribution is -0.121. The van der Waals surface area contributed by atoms with Gasteiger partial charge in [0.25, 0.3) is 0 Å². The Kier molecular flexibility index (Phi) is 6.22. The van der Waals surface area contributed by atoms with Gasteiger partial charge in [0.2, 0.25) is 11.8 Å². The lowest BCUT2D eigenvalue weighted by atomic mass is 10.0. The SMILES string of the molecule is C#CCCC1(CCC(=O)NCc2ccnc(Oc3ccc(OC)cc3)c2)N=N1. The highest BCUT2D eigenvalue weighted by Crippen LogP contribution is 2.37. The molecule has 0 fully saturated rings. The number of rotatable bonds is 10. The van der Waals surface area contributed by atoms with Crippen LogP contribution in [0.25, 0.3) is 0 Å². The zero-order valence-electron chi connectivity index (χ0n) is 15.7. The van der Waals surface area contributed by atoms with Crippen LogP contribution in [0.2, 0.25) is 0 Å². The fourth-order valence-electron chi connectivity index (χ4n) is 2.65. The molecular formula is C21H22N4O3. The largest absolute Gasteiger partial charge is 0.497 e. The van der Waals surface area contributed by atoms with E-state index in [1.165, 1.54) is 0 Å². The van der Waals surface area contributed by atoms with Crippen LogP contribution in [0.3, 0.4) is 0 Å². The van der Waals surface area contributed by atoms with Gasteiger partial charge in [-0.25, -0.2) is 4.98 Å². The molecule has 1 N–H and O–H groups in total. The van der Waals surface area contributed by atoms with Crippen LogP contribution in [0.5, 0.6) is 17.4 Å². The smallest absolute Gasteiger partial charge is 0.220 e. The van der Waals surface area contributed by atoms with E-state index >= 15 is 0 Å². The minimum atomic E-state index is -0.431. The fraction of sp³-hybridized carbons (Fsp3) is 0.333. The minimum absolute atomic E-state index is 0.0492. The summed E-state index contributed by atoms with van der Waals surface area (Å²) in [6.45, 7) is 0.395. The molecule has 2 heterocycles. The van der Waals surface area contributed by atoms with Crippen LogP contribution in [0.15, 0.2) is 52.8 Å². The maximum Gasteiger partial charge on any atom is 0.220 e. The van der Waals surface area contributed by atoms with Crippen molar-refractivity contribution in [2.75, 3.05) is 7.11 Å². The second kappa shape index (κ2) is 9.00. The van der Waals surface area contributed by atoms with E-state index in [0.717, 1.165) is 11.3 Å². The second-order valence-electron chi connectivity index (χ2n) is 6.44. The fourth-order valence-corrected chi connectivity index (χ4v) is 2.65. The third-order valence-corrected chi connectivity index (χ3v) is 4.38. The van der Waals surface area contributed by atoms with Crippen molar-refractivity contribution in [1.82, 2.24) is 10.3 Å². The van der Waals surface area contributed by atoms with Crippen molar-refractivity contribution in [3.63, 3.8) is 0 Å². The number of nitrogens with one attached hydrogen (secondary N) is 1. The summed E-state index contributed by atoms with van der Waals surface area (Å²) >= 11 is 0. The number of benzene rings is 1. The number of nitrogens with zero attached hydrogens (tertiary/aromatic N) is 3. The normalized spacial score (nSPS) is 13.4. The number of aromatic nitrogens is 1. The summed E-state index contributed by atoms with van der Waals surface area (Å²) in [4.78, 5) is 16.3. The number of hydrogen-bond acceptors (Lipinski definition) is 6. The Hall–Kier alpha value is -3.40. The van der Waals surface area contributed by atoms with E-state index < -0.39 is 5.66 Å². The number of amides is 1. The third-order valence-electron chi connectivity index (χ3n) is 4.38. The third kappa shape index (κ3) is 5.55. The summed E-state index contributed by atoms with van der Waals surface area (Å²) in [6.07, 6.45) is 9.18. The molecule has 1 aliphatic rings. The molecule has 1 amide bonds. The number of ether oxygens (including phenoxy) is 2. The molecule has 144 valence electrons. The van der Waals surface area contributed by atoms with E-state index in [4.69, 9.17) is 15.9 Å². The summed E-state index contributed by atoms with van der Waals surface area (Å²) in [7, 11) is 1.61. The van der Waals surface area contributed by atoms with Crippen molar-refractivity contribution < 1.29 is 14.3 Å². The van der Waals surface area contributed by atoms with E-state index in [0.29, 0.717) is 43.9 Å². The number of terminal acetylenes is 1. The highest BCUT2D eigenvalue weighted by atomic mass is 16.5. The van der Waals surface area contributed by atoms with Crippen LogP contribution in [0, 0.1) is 12.3 Å². The summed E-state index contributed by atoms with van der Waals surface area (Å²) in [5, 5.41) is 11.0. The zero-order chi connectivity index (χ0) is 19.8. The van der Waals surface area contributed by atoms with Gasteiger partial charge in [-0.1, -0.05) is 0 Å². The first kappa shape index (κ1) is 19.4. The molecule has 0 saturated carbocycles. The van der Waals surface area contributed by atoms with Gasteiger partial charge in [-0.3, -0.25) is 4.79 Å². The van der Waals surface area contributed by atoms with Gasteiger partial charge in [0.05, 0.1) is 7.11 Å². The highest BCUT2D eigenvalue weighted by Gasteiger charge is 2.39. The number of methoxy groups -OCH3 is 1. The number of hydrogen-bond donors (Lipinski definition) is 1. The maximum absolute atomic E-state index is 12.1. The number of carbonyl (C=O) groups is 1. The monoisotopic (exact) mass is 378 g/mol. The van der Waals surface area contributed by atoms with Gasteiger partial charge in [0.1, 0.15) is 11.5 Å². The van der Waals surface area contributed by atoms with Gasteiger partial charge in [-0.05, 0) is 35.9 Å². The average Bonchev–Trinajstić information content (AvgIpc) is 3.50. The molecule has 0 radical (unpaired) electrons. The molecule has 2 aromatic rings. The molecule has 0 unspecified atom stereocenters. The van der Waals surface area contributed by atoms with Crippen LogP contribution >= 0.6 is 0 Å². The lowest BCUT2D eigenvalue weighted by Gasteiger charge is -2.10. The number of carbonyl (C=O) groups excluding carboxylic acids is 1. The van der Waals surface area contributed by atoms with Crippen molar-refractivity contribution in [3.8, 4) is 29.7 Å². The summed E-state index contributed by atoms with van der Waals surface area (Å²) in [6, 6.07) is 10.9. The molecule has 7 nitrogen and oxygen atoms in total. The van der Waals surface area contributed by atoms with Gasteiger partial charge >= 0.3 is 0 Å². The van der Waals surface area contributed by atoms with E-state index in [9.17, 15) is 4.79 Å². The molecule has 0 atom stereocenters. The van der Waals surface area contributed by atoms with E-state index in [1.54, 1.807) is 31.5 Å². The summed E-state index contributed by atoms with van der Waals surface area (Å²) in [5.74, 6) is 4.40. The van der Waals surface area contributed by atoms with Crippen molar-refractivity contribution in [3.05, 3.63) is 48.2 Å². The van der Waals surface area contributed by atoms with Crippen LogP contribution in [0.4, 0.5) is 0 Å². The second-order valence-corrected chi connectivity index (χ2v) is 6.44. The van der Waals surface area contributed by atoms with E-state index in [1.807, 2.05) is 18.2 Å². The molecule has 1 aliphatic heterocycles. The topological polar surface area (TPSA) is 85.2 Å². The molecular weight excluding hydrogens is 356 g/mol. The van der Waals surface area contributed by atoms with Crippen molar-refractivity contribution in [1.29, 1.82) is 0 Å². The quantitative estimate of drug-likeness (QED) is 0.636. The van der Waals surface area contributed by atoms with Crippen LogP contribution < -0.4 is 14.8 Å². The van der Waals surface area contributed by atoms with Gasteiger partial charge in [0, 0.05) is 44.5 Å². The first-order valence-electron chi connectivity index (χ1n) is 9.03. The molecule has 1 aromatic carbocycles. The highest BCUT2D eigenvalue weighted by molar-refractivity contribution is 5.76. The van der Waals surface area contributed by atoms with Crippen molar-refractivity contribution in [2.45, 2.75) is 37.9 Å². The predicted molar refractivity (Wildman–Crippen MR) is 104 cm³/mol. The first-order chi connectivity index (χ1) is 13.6. The standard InChI is InChI=1S/C21H22N4O3/c1-3-4-11-21(24-25-21)12-9-19(26)23-15-16-10-13-22-20(14-16)28-18-7-5-17(27-2)6-8-18/h1,5-8,10,13-14H,4,9,11-12,15H2,2H3,(H,23,26). The first-order valence-corrected chi connectivity index (χ1v) is 9.03. The molecule has 1 aromatic heterocycles. The molecule has 0 aliphatic carbocycles. The number of pyridine rings is 1. The van der Waals surface area contributed by atoms with E-state index in [2.05, 4.69) is 26.4 Å². The Labute approximate surface area is 164 Å². The van der Waals surface area contributed by atoms with Gasteiger partial charge in [0.15, 0.2) is 5.66 Å². The predicted octanol–water partition coefficient (Wildman–Crippen LogP) is 3.85. The Morgan fingerprint density at radius 3 is 2.61 bits per heavy atom. The Morgan fingerprint density at radius 1 is 1.18 bits per heavy atom. The lowest BCUT2D eigenvalue weighted by Crippen LogP contribution is -2.24. The summed E-state index contributed by atoms with van der Waals surface area (Å²) < 4.78 is 10.9. The molecule has 0 bridgehead atoms. The van der Waals surface area contributed by atoms with Crippen molar-refractivity contribution in [2.24, 2.45) is 10.2 Å². The zero-order valence-corrected chi connectivity index (χ0v) is 15.7. The molecule has 0 spiro atoms. The molecule has 3 rings (SSSR count). The van der Waals surface area contributed by atoms with Crippen LogP contribution in [-0.2, 0) is 11.3 Å². The van der Waals surface area contributed by atoms with E-state index in [-0.39, 0.29) is 5.91 Å². The van der Waals surface area contributed by atoms with Gasteiger partial charge in [-0.15, -0.1) is 12.3 Å². The Morgan fingerprint density at radius 2 is 1.93 bits per heavy atom. The summed E-state index contributed by atoms with van der Waals surface area (Å²) in [5.41, 5.74) is 0.467. The van der Waals surface area contributed by atoms with Crippen molar-refractivity contribution >= 4 is 5.91 Å². The average molecular weight is 378 g/mol. The Balaban J connectivity index is 1.46. The van der Waals surface area contributed by atoms with Crippen LogP contribution in [-0.4, -0.2) is 23.7 Å². The van der Waals surface area contributed by atoms with Gasteiger partial charge < -0.3 is 14.8 Å². The maximum atomic E-state index is 12.1. The van der Waals surface area contributed by atoms with Gasteiger partial charge in [-0.2, -0.15) is 10.2 Å². The Bertz CT molecular complexity index is 881. The minimum Gasteiger partial charge on any atom is -0.497 e. The molecule has 0 saturated heterocycles.